The molecule has 1 N–H and O–H groups in total. The lowest BCUT2D eigenvalue weighted by atomic mass is 10.0. The molecule has 0 spiro atoms. The van der Waals surface area contributed by atoms with E-state index in [9.17, 15) is 9.18 Å². The Morgan fingerprint density at radius 1 is 1.50 bits per heavy atom. The predicted molar refractivity (Wildman–Crippen MR) is 73.1 cm³/mol. The fraction of sp³-hybridized carbons (Fsp3) is 0.429. The molecule has 0 amide bonds. The number of nitrogens with zero attached hydrogens (tertiary/aromatic N) is 2. The molecule has 5 nitrogen and oxygen atoms in total. The predicted octanol–water partition coefficient (Wildman–Crippen LogP) is 2.23. The van der Waals surface area contributed by atoms with Gasteiger partial charge < -0.3 is 14.6 Å². The van der Waals surface area contributed by atoms with E-state index in [-0.39, 0.29) is 17.8 Å². The maximum Gasteiger partial charge on any atom is 0.328 e. The number of aromatic nitrogens is 2. The Kier molecular flexibility index (Phi) is 3.30. The lowest BCUT2D eigenvalue weighted by Crippen LogP contribution is -2.45. The van der Waals surface area contributed by atoms with Crippen molar-refractivity contribution < 1.29 is 13.9 Å². The standard InChI is InChI=1S/C14H16FN3O2/c1-20-13(19)12-4-2-3-7-18(12)14-16-10-6-5-9(15)8-11(10)17-14/h5-6,8,12H,2-4,7H2,1H3,(H,16,17). The Labute approximate surface area is 115 Å². The Balaban J connectivity index is 1.97. The third-order valence-corrected chi connectivity index (χ3v) is 3.68. The smallest absolute Gasteiger partial charge is 0.328 e. The quantitative estimate of drug-likeness (QED) is 0.855. The average Bonchev–Trinajstić information content (AvgIpc) is 2.89. The second kappa shape index (κ2) is 5.11. The van der Waals surface area contributed by atoms with Gasteiger partial charge in [-0.05, 0) is 37.5 Å². The van der Waals surface area contributed by atoms with Gasteiger partial charge in [-0.3, -0.25) is 0 Å². The molecule has 3 rings (SSSR count). The number of nitrogens with one attached hydrogen (secondary N) is 1. The number of rotatable bonds is 2. The van der Waals surface area contributed by atoms with Crippen molar-refractivity contribution >= 4 is 23.0 Å². The first-order valence-corrected chi connectivity index (χ1v) is 6.69. The minimum atomic E-state index is -0.320. The topological polar surface area (TPSA) is 58.2 Å². The van der Waals surface area contributed by atoms with Crippen LogP contribution in [0.5, 0.6) is 0 Å². The molecule has 0 saturated carbocycles. The summed E-state index contributed by atoms with van der Waals surface area (Å²) < 4.78 is 18.1. The Hall–Kier alpha value is -2.11. The van der Waals surface area contributed by atoms with Crippen molar-refractivity contribution in [2.75, 3.05) is 18.6 Å². The number of halogens is 1. The number of carbonyl (C=O) groups excluding carboxylic acids is 1. The molecule has 1 unspecified atom stereocenters. The third kappa shape index (κ3) is 2.21. The van der Waals surface area contributed by atoms with Crippen LogP contribution in [0, 0.1) is 5.82 Å². The van der Waals surface area contributed by atoms with Crippen molar-refractivity contribution in [1.82, 2.24) is 9.97 Å². The summed E-state index contributed by atoms with van der Waals surface area (Å²) in [6.07, 6.45) is 2.74. The van der Waals surface area contributed by atoms with Gasteiger partial charge in [-0.2, -0.15) is 0 Å². The number of anilines is 1. The van der Waals surface area contributed by atoms with Crippen LogP contribution in [0.25, 0.3) is 11.0 Å². The third-order valence-electron chi connectivity index (χ3n) is 3.68. The maximum atomic E-state index is 13.2. The molecule has 1 aromatic carbocycles. The number of carbonyl (C=O) groups is 1. The number of fused-ring (bicyclic) bond motifs is 1. The van der Waals surface area contributed by atoms with E-state index in [1.54, 1.807) is 6.07 Å². The summed E-state index contributed by atoms with van der Waals surface area (Å²) in [7, 11) is 1.39. The van der Waals surface area contributed by atoms with Gasteiger partial charge >= 0.3 is 5.97 Å². The maximum absolute atomic E-state index is 13.2. The highest BCUT2D eigenvalue weighted by atomic mass is 19.1. The molecule has 2 heterocycles. The molecule has 6 heteroatoms. The first-order valence-electron chi connectivity index (χ1n) is 6.69. The van der Waals surface area contributed by atoms with E-state index in [4.69, 9.17) is 4.74 Å². The van der Waals surface area contributed by atoms with E-state index in [1.165, 1.54) is 19.2 Å². The van der Waals surface area contributed by atoms with Crippen molar-refractivity contribution in [3.05, 3.63) is 24.0 Å². The first kappa shape index (κ1) is 12.9. The number of esters is 1. The van der Waals surface area contributed by atoms with E-state index < -0.39 is 0 Å². The van der Waals surface area contributed by atoms with E-state index in [0.29, 0.717) is 17.0 Å². The number of H-pyrrole nitrogens is 1. The molecular weight excluding hydrogens is 261 g/mol. The number of imidazole rings is 1. The highest BCUT2D eigenvalue weighted by Crippen LogP contribution is 2.25. The lowest BCUT2D eigenvalue weighted by Gasteiger charge is -2.33. The Bertz CT molecular complexity index is 640. The minimum Gasteiger partial charge on any atom is -0.467 e. The zero-order valence-electron chi connectivity index (χ0n) is 11.2. The van der Waals surface area contributed by atoms with Crippen LogP contribution in [0.3, 0.4) is 0 Å². The van der Waals surface area contributed by atoms with Crippen LogP contribution < -0.4 is 4.90 Å². The monoisotopic (exact) mass is 277 g/mol. The highest BCUT2D eigenvalue weighted by Gasteiger charge is 2.31. The molecule has 20 heavy (non-hydrogen) atoms. The molecule has 1 fully saturated rings. The van der Waals surface area contributed by atoms with Crippen molar-refractivity contribution in [3.8, 4) is 0 Å². The molecule has 1 aliphatic rings. The van der Waals surface area contributed by atoms with Crippen LogP contribution >= 0.6 is 0 Å². The molecule has 1 aliphatic heterocycles. The van der Waals surface area contributed by atoms with E-state index in [2.05, 4.69) is 9.97 Å². The van der Waals surface area contributed by atoms with Gasteiger partial charge in [0.1, 0.15) is 11.9 Å². The van der Waals surface area contributed by atoms with Gasteiger partial charge in [-0.25, -0.2) is 14.2 Å². The number of aromatic amines is 1. The molecule has 106 valence electrons. The zero-order valence-corrected chi connectivity index (χ0v) is 11.2. The molecule has 0 radical (unpaired) electrons. The summed E-state index contributed by atoms with van der Waals surface area (Å²) in [5.41, 5.74) is 1.32. The summed E-state index contributed by atoms with van der Waals surface area (Å²) in [6.45, 7) is 0.738. The van der Waals surface area contributed by atoms with Gasteiger partial charge in [0.15, 0.2) is 0 Å². The van der Waals surface area contributed by atoms with Crippen molar-refractivity contribution in [1.29, 1.82) is 0 Å². The molecular formula is C14H16FN3O2. The van der Waals surface area contributed by atoms with Crippen molar-refractivity contribution in [3.63, 3.8) is 0 Å². The van der Waals surface area contributed by atoms with Crippen molar-refractivity contribution in [2.24, 2.45) is 0 Å². The van der Waals surface area contributed by atoms with Gasteiger partial charge in [0.2, 0.25) is 5.95 Å². The van der Waals surface area contributed by atoms with Crippen LogP contribution in [-0.2, 0) is 9.53 Å². The number of piperidine rings is 1. The minimum absolute atomic E-state index is 0.253. The van der Waals surface area contributed by atoms with Crippen molar-refractivity contribution in [2.45, 2.75) is 25.3 Å². The molecule has 0 bridgehead atoms. The number of hydrogen-bond donors (Lipinski definition) is 1. The summed E-state index contributed by atoms with van der Waals surface area (Å²) in [5, 5.41) is 0. The van der Waals surface area contributed by atoms with Crippen LogP contribution in [0.15, 0.2) is 18.2 Å². The number of methoxy groups -OCH3 is 1. The lowest BCUT2D eigenvalue weighted by molar-refractivity contribution is -0.142. The van der Waals surface area contributed by atoms with Gasteiger partial charge in [0.05, 0.1) is 18.1 Å². The SMILES string of the molecule is COC(=O)C1CCCCN1c1nc2ccc(F)cc2[nH]1. The van der Waals surface area contributed by atoms with E-state index >= 15 is 0 Å². The second-order valence-corrected chi connectivity index (χ2v) is 4.95. The zero-order chi connectivity index (χ0) is 14.1. The molecule has 1 atom stereocenters. The normalized spacial score (nSPS) is 19.3. The number of benzene rings is 1. The number of ether oxygens (including phenoxy) is 1. The summed E-state index contributed by atoms with van der Waals surface area (Å²) >= 11 is 0. The van der Waals surface area contributed by atoms with Gasteiger partial charge in [0.25, 0.3) is 0 Å². The van der Waals surface area contributed by atoms with Gasteiger partial charge in [-0.15, -0.1) is 0 Å². The summed E-state index contributed by atoms with van der Waals surface area (Å²) in [4.78, 5) is 21.3. The summed E-state index contributed by atoms with van der Waals surface area (Å²) in [5.74, 6) is 0.0351. The van der Waals surface area contributed by atoms with E-state index in [1.807, 2.05) is 4.90 Å². The average molecular weight is 277 g/mol. The van der Waals surface area contributed by atoms with Crippen LogP contribution in [0.2, 0.25) is 0 Å². The van der Waals surface area contributed by atoms with Crippen LogP contribution in [0.1, 0.15) is 19.3 Å². The molecule has 1 saturated heterocycles. The van der Waals surface area contributed by atoms with Gasteiger partial charge in [-0.1, -0.05) is 0 Å². The Morgan fingerprint density at radius 2 is 2.35 bits per heavy atom. The second-order valence-electron chi connectivity index (χ2n) is 4.95. The van der Waals surface area contributed by atoms with Crippen LogP contribution in [0.4, 0.5) is 10.3 Å². The fourth-order valence-electron chi connectivity index (χ4n) is 2.67. The highest BCUT2D eigenvalue weighted by molar-refractivity contribution is 5.82. The van der Waals surface area contributed by atoms with Gasteiger partial charge in [0, 0.05) is 6.54 Å². The molecule has 1 aromatic heterocycles. The first-order chi connectivity index (χ1) is 9.69. The molecule has 0 aliphatic carbocycles. The summed E-state index contributed by atoms with van der Waals surface area (Å²) in [6, 6.07) is 4.09. The Morgan fingerprint density at radius 3 is 3.15 bits per heavy atom. The fourth-order valence-corrected chi connectivity index (χ4v) is 2.67. The van der Waals surface area contributed by atoms with Crippen LogP contribution in [-0.4, -0.2) is 35.6 Å². The van der Waals surface area contributed by atoms with E-state index in [0.717, 1.165) is 25.8 Å². The number of hydrogen-bond acceptors (Lipinski definition) is 4. The molecule has 2 aromatic rings. The largest absolute Gasteiger partial charge is 0.467 e.